The molecule has 0 spiro atoms. The lowest BCUT2D eigenvalue weighted by atomic mass is 10.1. The Labute approximate surface area is 111 Å². The molecule has 0 radical (unpaired) electrons. The summed E-state index contributed by atoms with van der Waals surface area (Å²) < 4.78 is 10.8. The highest BCUT2D eigenvalue weighted by Gasteiger charge is 2.12. The van der Waals surface area contributed by atoms with Crippen molar-refractivity contribution < 1.29 is 14.6 Å². The summed E-state index contributed by atoms with van der Waals surface area (Å²) in [6.07, 6.45) is 0. The molecule has 1 unspecified atom stereocenters. The van der Waals surface area contributed by atoms with Crippen LogP contribution in [0.25, 0.3) is 0 Å². The summed E-state index contributed by atoms with van der Waals surface area (Å²) in [4.78, 5) is 1.14. The van der Waals surface area contributed by atoms with E-state index >= 15 is 0 Å². The Morgan fingerprint density at radius 2 is 1.89 bits per heavy atom. The SMILES string of the molecule is COc1ccc(OCC(CO)c2cccs2)cc1. The van der Waals surface area contributed by atoms with Gasteiger partial charge in [-0.05, 0) is 35.7 Å². The molecule has 96 valence electrons. The molecule has 1 N–H and O–H groups in total. The first-order valence-corrected chi connectivity index (χ1v) is 6.62. The number of rotatable bonds is 6. The van der Waals surface area contributed by atoms with Gasteiger partial charge in [-0.25, -0.2) is 0 Å². The maximum absolute atomic E-state index is 9.36. The fourth-order valence-corrected chi connectivity index (χ4v) is 2.42. The van der Waals surface area contributed by atoms with Crippen LogP contribution in [-0.2, 0) is 0 Å². The summed E-state index contributed by atoms with van der Waals surface area (Å²) in [5, 5.41) is 11.4. The van der Waals surface area contributed by atoms with Crippen LogP contribution in [0.3, 0.4) is 0 Å². The van der Waals surface area contributed by atoms with Crippen LogP contribution >= 0.6 is 11.3 Å². The molecule has 0 amide bonds. The van der Waals surface area contributed by atoms with Gasteiger partial charge >= 0.3 is 0 Å². The van der Waals surface area contributed by atoms with Crippen LogP contribution in [0.2, 0.25) is 0 Å². The number of hydrogen-bond donors (Lipinski definition) is 1. The zero-order valence-corrected chi connectivity index (χ0v) is 11.0. The minimum Gasteiger partial charge on any atom is -0.497 e. The van der Waals surface area contributed by atoms with Crippen LogP contribution in [0.15, 0.2) is 41.8 Å². The molecule has 3 nitrogen and oxygen atoms in total. The van der Waals surface area contributed by atoms with E-state index in [1.54, 1.807) is 18.4 Å². The molecule has 2 rings (SSSR count). The minimum atomic E-state index is 0.0344. The van der Waals surface area contributed by atoms with Gasteiger partial charge in [0.05, 0.1) is 26.2 Å². The third-order valence-electron chi connectivity index (χ3n) is 2.68. The van der Waals surface area contributed by atoms with Crippen LogP contribution in [0.1, 0.15) is 10.8 Å². The van der Waals surface area contributed by atoms with Crippen molar-refractivity contribution in [1.29, 1.82) is 0 Å². The van der Waals surface area contributed by atoms with Crippen LogP contribution in [0, 0.1) is 0 Å². The lowest BCUT2D eigenvalue weighted by Crippen LogP contribution is -2.12. The minimum absolute atomic E-state index is 0.0344. The van der Waals surface area contributed by atoms with Crippen LogP contribution in [0.5, 0.6) is 11.5 Å². The van der Waals surface area contributed by atoms with Crippen molar-refractivity contribution in [2.75, 3.05) is 20.3 Å². The van der Waals surface area contributed by atoms with Crippen molar-refractivity contribution in [3.63, 3.8) is 0 Å². The lowest BCUT2D eigenvalue weighted by molar-refractivity contribution is 0.206. The first-order chi connectivity index (χ1) is 8.83. The number of ether oxygens (including phenoxy) is 2. The standard InChI is InChI=1S/C14H16O3S/c1-16-12-4-6-13(7-5-12)17-10-11(9-15)14-3-2-8-18-14/h2-8,11,15H,9-10H2,1H3. The molecule has 0 saturated heterocycles. The van der Waals surface area contributed by atoms with E-state index in [-0.39, 0.29) is 12.5 Å². The topological polar surface area (TPSA) is 38.7 Å². The summed E-state index contributed by atoms with van der Waals surface area (Å²) in [6, 6.07) is 11.4. The smallest absolute Gasteiger partial charge is 0.119 e. The second kappa shape index (κ2) is 6.42. The lowest BCUT2D eigenvalue weighted by Gasteiger charge is -2.14. The average molecular weight is 264 g/mol. The zero-order valence-electron chi connectivity index (χ0n) is 10.2. The number of aliphatic hydroxyl groups excluding tert-OH is 1. The number of aliphatic hydroxyl groups is 1. The molecule has 0 fully saturated rings. The molecule has 1 aromatic heterocycles. The molecular formula is C14H16O3S. The fourth-order valence-electron chi connectivity index (χ4n) is 1.62. The van der Waals surface area contributed by atoms with Gasteiger partial charge in [-0.15, -0.1) is 11.3 Å². The van der Waals surface area contributed by atoms with Gasteiger partial charge in [-0.3, -0.25) is 0 Å². The van der Waals surface area contributed by atoms with Gasteiger partial charge in [0.25, 0.3) is 0 Å². The fraction of sp³-hybridized carbons (Fsp3) is 0.286. The molecule has 1 atom stereocenters. The largest absolute Gasteiger partial charge is 0.497 e. The van der Waals surface area contributed by atoms with Gasteiger partial charge in [0, 0.05) is 4.88 Å². The number of benzene rings is 1. The van der Waals surface area contributed by atoms with Gasteiger partial charge in [-0.2, -0.15) is 0 Å². The van der Waals surface area contributed by atoms with E-state index < -0.39 is 0 Å². The van der Waals surface area contributed by atoms with Crippen molar-refractivity contribution in [3.8, 4) is 11.5 Å². The van der Waals surface area contributed by atoms with E-state index in [9.17, 15) is 5.11 Å². The van der Waals surface area contributed by atoms with Gasteiger partial charge in [0.1, 0.15) is 11.5 Å². The van der Waals surface area contributed by atoms with E-state index in [0.717, 1.165) is 16.4 Å². The summed E-state index contributed by atoms with van der Waals surface area (Å²) in [6.45, 7) is 0.569. The third kappa shape index (κ3) is 3.24. The van der Waals surface area contributed by atoms with Gasteiger partial charge in [0.15, 0.2) is 0 Å². The highest BCUT2D eigenvalue weighted by atomic mass is 32.1. The Morgan fingerprint density at radius 3 is 2.44 bits per heavy atom. The predicted octanol–water partition coefficient (Wildman–Crippen LogP) is 2.91. The third-order valence-corrected chi connectivity index (χ3v) is 3.71. The van der Waals surface area contributed by atoms with Gasteiger partial charge < -0.3 is 14.6 Å². The Morgan fingerprint density at radius 1 is 1.17 bits per heavy atom. The van der Waals surface area contributed by atoms with Crippen LogP contribution in [0.4, 0.5) is 0 Å². The number of methoxy groups -OCH3 is 1. The van der Waals surface area contributed by atoms with E-state index in [0.29, 0.717) is 6.61 Å². The molecule has 0 aliphatic carbocycles. The summed E-state index contributed by atoms with van der Waals surface area (Å²) in [7, 11) is 1.63. The van der Waals surface area contributed by atoms with Crippen LogP contribution in [-0.4, -0.2) is 25.4 Å². The summed E-state index contributed by atoms with van der Waals surface area (Å²) >= 11 is 1.64. The van der Waals surface area contributed by atoms with Crippen molar-refractivity contribution in [2.24, 2.45) is 0 Å². The van der Waals surface area contributed by atoms with Crippen molar-refractivity contribution in [1.82, 2.24) is 0 Å². The monoisotopic (exact) mass is 264 g/mol. The molecule has 0 aliphatic rings. The molecule has 2 aromatic rings. The van der Waals surface area contributed by atoms with Crippen LogP contribution < -0.4 is 9.47 Å². The highest BCUT2D eigenvalue weighted by Crippen LogP contribution is 2.23. The van der Waals surface area contributed by atoms with E-state index in [1.165, 1.54) is 0 Å². The Balaban J connectivity index is 1.93. The normalized spacial score (nSPS) is 12.1. The summed E-state index contributed by atoms with van der Waals surface area (Å²) in [5.74, 6) is 1.62. The predicted molar refractivity (Wildman–Crippen MR) is 72.6 cm³/mol. The molecule has 18 heavy (non-hydrogen) atoms. The second-order valence-electron chi connectivity index (χ2n) is 3.88. The first-order valence-electron chi connectivity index (χ1n) is 5.74. The second-order valence-corrected chi connectivity index (χ2v) is 4.86. The van der Waals surface area contributed by atoms with Gasteiger partial charge in [0.2, 0.25) is 0 Å². The molecule has 0 saturated carbocycles. The molecule has 4 heteroatoms. The quantitative estimate of drug-likeness (QED) is 0.872. The van der Waals surface area contributed by atoms with Crippen molar-refractivity contribution in [2.45, 2.75) is 5.92 Å². The number of thiophene rings is 1. The first kappa shape index (κ1) is 12.9. The highest BCUT2D eigenvalue weighted by molar-refractivity contribution is 7.10. The van der Waals surface area contributed by atoms with E-state index in [4.69, 9.17) is 9.47 Å². The van der Waals surface area contributed by atoms with Crippen molar-refractivity contribution >= 4 is 11.3 Å². The zero-order chi connectivity index (χ0) is 12.8. The van der Waals surface area contributed by atoms with E-state index in [2.05, 4.69) is 0 Å². The molecule has 1 heterocycles. The molecular weight excluding hydrogens is 248 g/mol. The Kier molecular flexibility index (Phi) is 4.61. The average Bonchev–Trinajstić information content (AvgIpc) is 2.94. The Hall–Kier alpha value is -1.52. The number of hydrogen-bond acceptors (Lipinski definition) is 4. The van der Waals surface area contributed by atoms with Crippen molar-refractivity contribution in [3.05, 3.63) is 46.7 Å². The maximum Gasteiger partial charge on any atom is 0.119 e. The van der Waals surface area contributed by atoms with Gasteiger partial charge in [-0.1, -0.05) is 6.07 Å². The molecule has 0 aliphatic heterocycles. The van der Waals surface area contributed by atoms with E-state index in [1.807, 2.05) is 41.8 Å². The molecule has 1 aromatic carbocycles. The Bertz CT molecular complexity index is 450. The summed E-state index contributed by atoms with van der Waals surface area (Å²) in [5.41, 5.74) is 0. The maximum atomic E-state index is 9.36. The molecule has 0 bridgehead atoms.